The van der Waals surface area contributed by atoms with Crippen LogP contribution in [0.2, 0.25) is 0 Å². The van der Waals surface area contributed by atoms with Crippen molar-refractivity contribution in [2.24, 2.45) is 0 Å². The minimum absolute atomic E-state index is 0.305. The molecule has 1 N–H and O–H groups in total. The number of carboxylic acids is 1. The molecule has 0 saturated carbocycles. The second-order valence-corrected chi connectivity index (χ2v) is 4.55. The van der Waals surface area contributed by atoms with Crippen molar-refractivity contribution in [2.75, 3.05) is 6.26 Å². The van der Waals surface area contributed by atoms with E-state index in [4.69, 9.17) is 5.11 Å². The van der Waals surface area contributed by atoms with Gasteiger partial charge in [0, 0.05) is 4.90 Å². The Morgan fingerprint density at radius 2 is 1.94 bits per heavy atom. The molecule has 2 aromatic carbocycles. The fraction of sp³-hybridized carbons (Fsp3) is 0.0714. The van der Waals surface area contributed by atoms with Crippen molar-refractivity contribution in [1.29, 1.82) is 0 Å². The van der Waals surface area contributed by atoms with Crippen LogP contribution in [0.3, 0.4) is 0 Å². The number of rotatable bonds is 3. The molecule has 0 heterocycles. The van der Waals surface area contributed by atoms with Gasteiger partial charge in [0.2, 0.25) is 0 Å². The zero-order valence-corrected chi connectivity index (χ0v) is 10.5. The van der Waals surface area contributed by atoms with Gasteiger partial charge in [0.15, 0.2) is 0 Å². The van der Waals surface area contributed by atoms with E-state index in [0.29, 0.717) is 5.56 Å². The lowest BCUT2D eigenvalue weighted by atomic mass is 10.0. The SMILES string of the molecule is CSc1ccccc1-c1ccc(C(=O)O)c(F)c1. The van der Waals surface area contributed by atoms with Crippen LogP contribution >= 0.6 is 11.8 Å². The van der Waals surface area contributed by atoms with E-state index >= 15 is 0 Å². The average molecular weight is 262 g/mol. The Labute approximate surface area is 108 Å². The molecule has 92 valence electrons. The predicted molar refractivity (Wildman–Crippen MR) is 70.6 cm³/mol. The summed E-state index contributed by atoms with van der Waals surface area (Å²) >= 11 is 1.57. The van der Waals surface area contributed by atoms with Gasteiger partial charge < -0.3 is 5.11 Å². The highest BCUT2D eigenvalue weighted by molar-refractivity contribution is 7.98. The smallest absolute Gasteiger partial charge is 0.338 e. The Kier molecular flexibility index (Phi) is 3.67. The largest absolute Gasteiger partial charge is 0.478 e. The van der Waals surface area contributed by atoms with Gasteiger partial charge in [-0.05, 0) is 35.6 Å². The van der Waals surface area contributed by atoms with E-state index in [0.717, 1.165) is 10.5 Å². The van der Waals surface area contributed by atoms with Crippen LogP contribution in [-0.4, -0.2) is 17.3 Å². The fourth-order valence-electron chi connectivity index (χ4n) is 1.74. The molecule has 0 fully saturated rings. The Morgan fingerprint density at radius 1 is 1.22 bits per heavy atom. The van der Waals surface area contributed by atoms with Gasteiger partial charge in [-0.25, -0.2) is 9.18 Å². The molecule has 4 heteroatoms. The Morgan fingerprint density at radius 3 is 2.56 bits per heavy atom. The highest BCUT2D eigenvalue weighted by Crippen LogP contribution is 2.30. The summed E-state index contributed by atoms with van der Waals surface area (Å²) in [6, 6.07) is 11.8. The molecule has 0 aliphatic carbocycles. The lowest BCUT2D eigenvalue weighted by Crippen LogP contribution is -2.00. The van der Waals surface area contributed by atoms with Crippen molar-refractivity contribution in [3.8, 4) is 11.1 Å². The molecule has 2 aromatic rings. The van der Waals surface area contributed by atoms with Gasteiger partial charge in [-0.2, -0.15) is 0 Å². The van der Waals surface area contributed by atoms with Crippen molar-refractivity contribution in [3.05, 3.63) is 53.8 Å². The molecule has 0 radical (unpaired) electrons. The molecule has 0 amide bonds. The van der Waals surface area contributed by atoms with E-state index in [9.17, 15) is 9.18 Å². The first-order valence-electron chi connectivity index (χ1n) is 5.29. The maximum absolute atomic E-state index is 13.6. The summed E-state index contributed by atoms with van der Waals surface area (Å²) in [5.74, 6) is -1.96. The lowest BCUT2D eigenvalue weighted by Gasteiger charge is -2.08. The number of carboxylic acid groups (broad SMARTS) is 1. The highest BCUT2D eigenvalue weighted by atomic mass is 32.2. The van der Waals surface area contributed by atoms with Gasteiger partial charge in [-0.3, -0.25) is 0 Å². The molecular formula is C14H11FO2S. The normalized spacial score (nSPS) is 10.3. The molecule has 0 aliphatic rings. The topological polar surface area (TPSA) is 37.3 Å². The number of thioether (sulfide) groups is 1. The number of hydrogen-bond acceptors (Lipinski definition) is 2. The van der Waals surface area contributed by atoms with E-state index in [-0.39, 0.29) is 5.56 Å². The van der Waals surface area contributed by atoms with Gasteiger partial charge in [0.25, 0.3) is 0 Å². The quantitative estimate of drug-likeness (QED) is 0.852. The number of hydrogen-bond donors (Lipinski definition) is 1. The maximum Gasteiger partial charge on any atom is 0.338 e. The predicted octanol–water partition coefficient (Wildman–Crippen LogP) is 3.91. The molecule has 0 aliphatic heterocycles. The summed E-state index contributed by atoms with van der Waals surface area (Å²) in [5.41, 5.74) is 1.28. The van der Waals surface area contributed by atoms with Crippen molar-refractivity contribution < 1.29 is 14.3 Å². The van der Waals surface area contributed by atoms with Crippen LogP contribution in [0.5, 0.6) is 0 Å². The van der Waals surface area contributed by atoms with Gasteiger partial charge in [-0.1, -0.05) is 24.3 Å². The third-order valence-electron chi connectivity index (χ3n) is 2.62. The zero-order chi connectivity index (χ0) is 13.1. The van der Waals surface area contributed by atoms with Crippen LogP contribution in [0.4, 0.5) is 4.39 Å². The van der Waals surface area contributed by atoms with Gasteiger partial charge in [0.05, 0.1) is 5.56 Å². The second kappa shape index (κ2) is 5.23. The van der Waals surface area contributed by atoms with E-state index in [1.165, 1.54) is 12.1 Å². The monoisotopic (exact) mass is 262 g/mol. The van der Waals surface area contributed by atoms with Crippen molar-refractivity contribution in [3.63, 3.8) is 0 Å². The third kappa shape index (κ3) is 2.38. The average Bonchev–Trinajstić information content (AvgIpc) is 2.38. The molecule has 0 saturated heterocycles. The molecule has 18 heavy (non-hydrogen) atoms. The summed E-state index contributed by atoms with van der Waals surface area (Å²) in [4.78, 5) is 11.8. The summed E-state index contributed by atoms with van der Waals surface area (Å²) in [6.45, 7) is 0. The lowest BCUT2D eigenvalue weighted by molar-refractivity contribution is 0.0692. The summed E-state index contributed by atoms with van der Waals surface area (Å²) in [7, 11) is 0. The molecule has 2 rings (SSSR count). The third-order valence-corrected chi connectivity index (χ3v) is 3.41. The van der Waals surface area contributed by atoms with Crippen LogP contribution in [0, 0.1) is 5.82 Å². The Balaban J connectivity index is 2.52. The van der Waals surface area contributed by atoms with Crippen LogP contribution < -0.4 is 0 Å². The highest BCUT2D eigenvalue weighted by Gasteiger charge is 2.12. The minimum Gasteiger partial charge on any atom is -0.478 e. The number of benzene rings is 2. The second-order valence-electron chi connectivity index (χ2n) is 3.70. The molecule has 0 bridgehead atoms. The molecule has 2 nitrogen and oxygen atoms in total. The van der Waals surface area contributed by atoms with Crippen molar-refractivity contribution in [1.82, 2.24) is 0 Å². The first-order chi connectivity index (χ1) is 8.63. The van der Waals surface area contributed by atoms with E-state index < -0.39 is 11.8 Å². The van der Waals surface area contributed by atoms with Crippen molar-refractivity contribution >= 4 is 17.7 Å². The number of carbonyl (C=O) groups is 1. The molecular weight excluding hydrogens is 251 g/mol. The Hall–Kier alpha value is -1.81. The first-order valence-corrected chi connectivity index (χ1v) is 6.52. The van der Waals surface area contributed by atoms with Gasteiger partial charge >= 0.3 is 5.97 Å². The standard InChI is InChI=1S/C14H11FO2S/c1-18-13-5-3-2-4-10(13)9-6-7-11(14(16)17)12(15)8-9/h2-8H,1H3,(H,16,17). The Bertz CT molecular complexity index is 596. The summed E-state index contributed by atoms with van der Waals surface area (Å²) in [6.07, 6.45) is 1.95. The summed E-state index contributed by atoms with van der Waals surface area (Å²) in [5, 5.41) is 8.78. The van der Waals surface area contributed by atoms with Gasteiger partial charge in [-0.15, -0.1) is 11.8 Å². The molecule has 0 unspecified atom stereocenters. The fourth-order valence-corrected chi connectivity index (χ4v) is 2.36. The van der Waals surface area contributed by atoms with Crippen LogP contribution in [-0.2, 0) is 0 Å². The first kappa shape index (κ1) is 12.6. The van der Waals surface area contributed by atoms with E-state index in [2.05, 4.69) is 0 Å². The van der Waals surface area contributed by atoms with Gasteiger partial charge in [0.1, 0.15) is 5.82 Å². The van der Waals surface area contributed by atoms with Crippen LogP contribution in [0.25, 0.3) is 11.1 Å². The number of halogens is 1. The maximum atomic E-state index is 13.6. The van der Waals surface area contributed by atoms with E-state index in [1.807, 2.05) is 30.5 Å². The number of aromatic carboxylic acids is 1. The minimum atomic E-state index is -1.25. The van der Waals surface area contributed by atoms with Crippen LogP contribution in [0.15, 0.2) is 47.4 Å². The van der Waals surface area contributed by atoms with Crippen LogP contribution in [0.1, 0.15) is 10.4 Å². The summed E-state index contributed by atoms with van der Waals surface area (Å²) < 4.78 is 13.6. The molecule has 0 aromatic heterocycles. The molecule has 0 spiro atoms. The van der Waals surface area contributed by atoms with E-state index in [1.54, 1.807) is 17.8 Å². The van der Waals surface area contributed by atoms with Crippen molar-refractivity contribution in [2.45, 2.75) is 4.90 Å². The molecule has 0 atom stereocenters. The zero-order valence-electron chi connectivity index (χ0n) is 9.68.